The van der Waals surface area contributed by atoms with E-state index in [-0.39, 0.29) is 0 Å². The number of imidazole rings is 1. The third-order valence-corrected chi connectivity index (χ3v) is 2.69. The molecule has 0 aliphatic rings. The van der Waals surface area contributed by atoms with Gasteiger partial charge in [0.1, 0.15) is 6.54 Å². The van der Waals surface area contributed by atoms with Gasteiger partial charge in [-0.15, -0.1) is 0 Å². The van der Waals surface area contributed by atoms with Crippen LogP contribution in [0.15, 0.2) is 17.0 Å². The summed E-state index contributed by atoms with van der Waals surface area (Å²) in [4.78, 5) is 8.62. The number of rotatable bonds is 7. The maximum absolute atomic E-state index is 5.16. The quantitative estimate of drug-likeness (QED) is 0.822. The minimum Gasteiger partial charge on any atom is -0.337 e. The highest BCUT2D eigenvalue weighted by Crippen LogP contribution is 2.03. The molecule has 1 N–H and O–H groups in total. The Bertz CT molecular complexity index is 503. The van der Waals surface area contributed by atoms with Crippen molar-refractivity contribution in [2.45, 2.75) is 40.3 Å². The van der Waals surface area contributed by atoms with Crippen molar-refractivity contribution in [3.63, 3.8) is 0 Å². The molecule has 0 aromatic carbocycles. The fourth-order valence-electron chi connectivity index (χ4n) is 1.73. The first-order valence-electron chi connectivity index (χ1n) is 6.70. The second-order valence-corrected chi connectivity index (χ2v) is 5.02. The van der Waals surface area contributed by atoms with Crippen LogP contribution in [0, 0.1) is 5.92 Å². The van der Waals surface area contributed by atoms with Crippen molar-refractivity contribution < 1.29 is 4.52 Å². The minimum atomic E-state index is 0.574. The molecule has 6 nitrogen and oxygen atoms in total. The van der Waals surface area contributed by atoms with E-state index in [4.69, 9.17) is 4.52 Å². The lowest BCUT2D eigenvalue weighted by atomic mass is 10.2. The van der Waals surface area contributed by atoms with Crippen LogP contribution in [0.2, 0.25) is 0 Å². The molecule has 0 bridgehead atoms. The zero-order valence-corrected chi connectivity index (χ0v) is 11.8. The van der Waals surface area contributed by atoms with E-state index in [0.717, 1.165) is 31.0 Å². The first-order chi connectivity index (χ1) is 9.17. The molecule has 2 heterocycles. The Morgan fingerprint density at radius 2 is 2.26 bits per heavy atom. The summed E-state index contributed by atoms with van der Waals surface area (Å²) >= 11 is 0. The largest absolute Gasteiger partial charge is 0.337 e. The first-order valence-corrected chi connectivity index (χ1v) is 6.70. The molecule has 0 radical (unpaired) electrons. The van der Waals surface area contributed by atoms with Crippen LogP contribution in [0.3, 0.4) is 0 Å². The van der Waals surface area contributed by atoms with E-state index in [1.54, 1.807) is 6.33 Å². The van der Waals surface area contributed by atoms with Gasteiger partial charge in [-0.25, -0.2) is 4.98 Å². The molecule has 2 rings (SSSR count). The lowest BCUT2D eigenvalue weighted by Gasteiger charge is -2.04. The van der Waals surface area contributed by atoms with E-state index in [0.29, 0.717) is 18.4 Å². The molecule has 0 fully saturated rings. The number of nitrogens with zero attached hydrogens (tertiary/aromatic N) is 4. The van der Waals surface area contributed by atoms with E-state index in [1.807, 2.05) is 17.7 Å². The third kappa shape index (κ3) is 4.17. The lowest BCUT2D eigenvalue weighted by molar-refractivity contribution is 0.366. The Hall–Kier alpha value is -1.69. The average Bonchev–Trinajstić information content (AvgIpc) is 2.99. The average molecular weight is 263 g/mol. The van der Waals surface area contributed by atoms with Crippen molar-refractivity contribution in [3.05, 3.63) is 29.9 Å². The van der Waals surface area contributed by atoms with Gasteiger partial charge in [0.05, 0.1) is 12.0 Å². The van der Waals surface area contributed by atoms with Gasteiger partial charge in [-0.3, -0.25) is 0 Å². The van der Waals surface area contributed by atoms with Crippen LogP contribution in [-0.2, 0) is 19.5 Å². The van der Waals surface area contributed by atoms with Crippen LogP contribution in [-0.4, -0.2) is 26.2 Å². The van der Waals surface area contributed by atoms with Crippen LogP contribution < -0.4 is 5.32 Å². The lowest BCUT2D eigenvalue weighted by Crippen LogP contribution is -2.19. The predicted octanol–water partition coefficient (Wildman–Crippen LogP) is 1.62. The second kappa shape index (κ2) is 6.47. The van der Waals surface area contributed by atoms with Gasteiger partial charge in [0.25, 0.3) is 0 Å². The normalized spacial score (nSPS) is 11.4. The number of aryl methyl sites for hydroxylation is 1. The monoisotopic (exact) mass is 263 g/mol. The summed E-state index contributed by atoms with van der Waals surface area (Å²) in [5, 5.41) is 7.24. The van der Waals surface area contributed by atoms with Gasteiger partial charge in [-0.05, 0) is 12.5 Å². The number of hydrogen-bond acceptors (Lipinski definition) is 5. The van der Waals surface area contributed by atoms with E-state index in [2.05, 4.69) is 34.3 Å². The second-order valence-electron chi connectivity index (χ2n) is 5.02. The van der Waals surface area contributed by atoms with Crippen molar-refractivity contribution in [1.29, 1.82) is 0 Å². The molecule has 0 amide bonds. The van der Waals surface area contributed by atoms with Gasteiger partial charge < -0.3 is 14.4 Å². The SMILES string of the molecule is CCc1noc(Cn2cnc(CNCC(C)C)c2)n1. The van der Waals surface area contributed by atoms with Crippen molar-refractivity contribution in [1.82, 2.24) is 25.0 Å². The maximum atomic E-state index is 5.16. The zero-order valence-electron chi connectivity index (χ0n) is 11.8. The molecular formula is C13H21N5O. The molecule has 0 saturated heterocycles. The summed E-state index contributed by atoms with van der Waals surface area (Å²) in [5.74, 6) is 2.01. The molecule has 6 heteroatoms. The fraction of sp³-hybridized carbons (Fsp3) is 0.615. The van der Waals surface area contributed by atoms with Crippen molar-refractivity contribution in [2.75, 3.05) is 6.54 Å². The van der Waals surface area contributed by atoms with Crippen LogP contribution in [0.25, 0.3) is 0 Å². The topological polar surface area (TPSA) is 68.8 Å². The molecule has 0 spiro atoms. The summed E-state index contributed by atoms with van der Waals surface area (Å²) in [6, 6.07) is 0. The van der Waals surface area contributed by atoms with Crippen molar-refractivity contribution >= 4 is 0 Å². The van der Waals surface area contributed by atoms with E-state index in [9.17, 15) is 0 Å². The van der Waals surface area contributed by atoms with Gasteiger partial charge in [0, 0.05) is 19.2 Å². The molecule has 19 heavy (non-hydrogen) atoms. The minimum absolute atomic E-state index is 0.574. The highest BCUT2D eigenvalue weighted by Gasteiger charge is 2.06. The molecule has 0 aliphatic carbocycles. The molecule has 0 atom stereocenters. The van der Waals surface area contributed by atoms with E-state index >= 15 is 0 Å². The van der Waals surface area contributed by atoms with Crippen LogP contribution in [0.1, 0.15) is 38.2 Å². The van der Waals surface area contributed by atoms with E-state index < -0.39 is 0 Å². The molecule has 0 aliphatic heterocycles. The molecular weight excluding hydrogens is 242 g/mol. The highest BCUT2D eigenvalue weighted by atomic mass is 16.5. The number of aromatic nitrogens is 4. The fourth-order valence-corrected chi connectivity index (χ4v) is 1.73. The smallest absolute Gasteiger partial charge is 0.246 e. The summed E-state index contributed by atoms with van der Waals surface area (Å²) < 4.78 is 7.11. The third-order valence-electron chi connectivity index (χ3n) is 2.69. The Morgan fingerprint density at radius 1 is 1.42 bits per heavy atom. The van der Waals surface area contributed by atoms with Gasteiger partial charge >= 0.3 is 0 Å². The predicted molar refractivity (Wildman–Crippen MR) is 71.5 cm³/mol. The standard InChI is InChI=1S/C13H21N5O/c1-4-12-16-13(19-17-12)8-18-7-11(15-9-18)6-14-5-10(2)3/h7,9-10,14H,4-6,8H2,1-3H3. The van der Waals surface area contributed by atoms with Crippen LogP contribution in [0.4, 0.5) is 0 Å². The first kappa shape index (κ1) is 13.7. The Morgan fingerprint density at radius 3 is 2.95 bits per heavy atom. The summed E-state index contributed by atoms with van der Waals surface area (Å²) in [5.41, 5.74) is 1.02. The molecule has 104 valence electrons. The summed E-state index contributed by atoms with van der Waals surface area (Å²) in [6.45, 7) is 8.74. The Kier molecular flexibility index (Phi) is 4.68. The van der Waals surface area contributed by atoms with Gasteiger partial charge in [-0.2, -0.15) is 4.98 Å². The van der Waals surface area contributed by atoms with Crippen LogP contribution in [0.5, 0.6) is 0 Å². The Balaban J connectivity index is 1.86. The van der Waals surface area contributed by atoms with Gasteiger partial charge in [0.2, 0.25) is 5.89 Å². The number of hydrogen-bond donors (Lipinski definition) is 1. The van der Waals surface area contributed by atoms with Gasteiger partial charge in [-0.1, -0.05) is 25.9 Å². The molecule has 0 saturated carbocycles. The maximum Gasteiger partial charge on any atom is 0.246 e. The Labute approximate surface area is 113 Å². The summed E-state index contributed by atoms with van der Waals surface area (Å²) in [6.07, 6.45) is 4.59. The molecule has 2 aromatic heterocycles. The van der Waals surface area contributed by atoms with Crippen molar-refractivity contribution in [2.24, 2.45) is 5.92 Å². The zero-order chi connectivity index (χ0) is 13.7. The molecule has 0 unspecified atom stereocenters. The van der Waals surface area contributed by atoms with E-state index in [1.165, 1.54) is 0 Å². The number of nitrogens with one attached hydrogen (secondary N) is 1. The van der Waals surface area contributed by atoms with Crippen molar-refractivity contribution in [3.8, 4) is 0 Å². The highest BCUT2D eigenvalue weighted by molar-refractivity contribution is 4.98. The molecule has 2 aromatic rings. The summed E-state index contributed by atoms with van der Waals surface area (Å²) in [7, 11) is 0. The van der Waals surface area contributed by atoms with Gasteiger partial charge in [0.15, 0.2) is 5.82 Å². The van der Waals surface area contributed by atoms with Crippen LogP contribution >= 0.6 is 0 Å².